The van der Waals surface area contributed by atoms with Gasteiger partial charge in [-0.1, -0.05) is 6.92 Å². The highest BCUT2D eigenvalue weighted by Gasteiger charge is 2.57. The molecule has 1 heterocycles. The Labute approximate surface area is 91.7 Å². The van der Waals surface area contributed by atoms with Crippen molar-refractivity contribution in [3.63, 3.8) is 0 Å². The molecule has 15 heavy (non-hydrogen) atoms. The Balaban J connectivity index is 2.07. The van der Waals surface area contributed by atoms with E-state index in [1.54, 1.807) is 12.4 Å². The summed E-state index contributed by atoms with van der Waals surface area (Å²) in [7, 11) is 0. The van der Waals surface area contributed by atoms with E-state index in [4.69, 9.17) is 0 Å². The van der Waals surface area contributed by atoms with Gasteiger partial charge in [-0.3, -0.25) is 4.79 Å². The Morgan fingerprint density at radius 1 is 1.87 bits per heavy atom. The van der Waals surface area contributed by atoms with Gasteiger partial charge in [0.1, 0.15) is 11.2 Å². The Morgan fingerprint density at radius 2 is 2.53 bits per heavy atom. The van der Waals surface area contributed by atoms with Crippen LogP contribution in [0.3, 0.4) is 0 Å². The minimum Gasteiger partial charge on any atom is -0.316 e. The van der Waals surface area contributed by atoms with E-state index in [0.717, 1.165) is 17.1 Å². The van der Waals surface area contributed by atoms with Gasteiger partial charge >= 0.3 is 0 Å². The van der Waals surface area contributed by atoms with Crippen molar-refractivity contribution in [2.75, 3.05) is 5.32 Å². The van der Waals surface area contributed by atoms with Crippen LogP contribution in [0.2, 0.25) is 0 Å². The zero-order chi connectivity index (χ0) is 11.1. The molecule has 1 fully saturated rings. The first-order valence-electron chi connectivity index (χ1n) is 4.96. The van der Waals surface area contributed by atoms with E-state index in [1.165, 1.54) is 11.3 Å². The van der Waals surface area contributed by atoms with Gasteiger partial charge in [-0.25, -0.2) is 9.37 Å². The number of nitrogens with zero attached hydrogens (tertiary/aromatic N) is 1. The molecule has 1 aromatic heterocycles. The number of anilines is 1. The van der Waals surface area contributed by atoms with Gasteiger partial charge in [-0.05, 0) is 19.8 Å². The third-order valence-electron chi connectivity index (χ3n) is 2.86. The number of thiazole rings is 1. The van der Waals surface area contributed by atoms with Crippen molar-refractivity contribution < 1.29 is 9.18 Å². The number of rotatable bonds is 3. The zero-order valence-electron chi connectivity index (χ0n) is 8.71. The van der Waals surface area contributed by atoms with Gasteiger partial charge in [0.2, 0.25) is 5.91 Å². The highest BCUT2D eigenvalue weighted by molar-refractivity contribution is 7.14. The third kappa shape index (κ3) is 1.76. The number of carbonyl (C=O) groups excluding carboxylic acids is 1. The van der Waals surface area contributed by atoms with Crippen LogP contribution in [-0.4, -0.2) is 17.1 Å². The number of halogens is 1. The van der Waals surface area contributed by atoms with Crippen LogP contribution in [0.15, 0.2) is 5.51 Å². The fraction of sp³-hybridized carbons (Fsp3) is 0.600. The third-order valence-corrected chi connectivity index (χ3v) is 3.64. The molecule has 0 bridgehead atoms. The topological polar surface area (TPSA) is 42.0 Å². The van der Waals surface area contributed by atoms with Gasteiger partial charge < -0.3 is 5.32 Å². The van der Waals surface area contributed by atoms with Crippen LogP contribution in [-0.2, 0) is 11.2 Å². The summed E-state index contributed by atoms with van der Waals surface area (Å²) in [5.74, 6) is -0.228. The second kappa shape index (κ2) is 3.56. The molecule has 1 saturated carbocycles. The van der Waals surface area contributed by atoms with Crippen LogP contribution >= 0.6 is 11.3 Å². The maximum atomic E-state index is 12.9. The minimum absolute atomic E-state index is 0.228. The van der Waals surface area contributed by atoms with Gasteiger partial charge in [0.05, 0.1) is 16.6 Å². The molecule has 1 amide bonds. The standard InChI is InChI=1S/C10H13FN2OS/c1-3-6-8(15-5-12-6)13-9(14)10(2)4-7(10)11/h5,7H,3-4H2,1-2H3,(H,13,14)/t7-,10-/m1/s1. The Hall–Kier alpha value is -0.970. The molecule has 1 aromatic rings. The fourth-order valence-electron chi connectivity index (χ4n) is 1.42. The number of nitrogens with one attached hydrogen (secondary N) is 1. The van der Waals surface area contributed by atoms with Gasteiger partial charge in [0.15, 0.2) is 0 Å². The lowest BCUT2D eigenvalue weighted by Gasteiger charge is -2.08. The summed E-state index contributed by atoms with van der Waals surface area (Å²) >= 11 is 1.38. The number of aryl methyl sites for hydroxylation is 1. The van der Waals surface area contributed by atoms with Crippen molar-refractivity contribution in [3.8, 4) is 0 Å². The number of aromatic nitrogens is 1. The van der Waals surface area contributed by atoms with E-state index in [0.29, 0.717) is 6.42 Å². The van der Waals surface area contributed by atoms with Crippen molar-refractivity contribution in [1.82, 2.24) is 4.98 Å². The smallest absolute Gasteiger partial charge is 0.234 e. The van der Waals surface area contributed by atoms with Crippen molar-refractivity contribution >= 4 is 22.2 Å². The molecular weight excluding hydrogens is 215 g/mol. The SMILES string of the molecule is CCc1ncsc1NC(=O)[C@]1(C)C[C@H]1F. The van der Waals surface area contributed by atoms with Crippen molar-refractivity contribution in [2.45, 2.75) is 32.9 Å². The normalized spacial score (nSPS) is 28.9. The predicted molar refractivity (Wildman–Crippen MR) is 57.7 cm³/mol. The summed E-state index contributed by atoms with van der Waals surface area (Å²) in [5, 5.41) is 3.50. The Morgan fingerprint density at radius 3 is 3.07 bits per heavy atom. The Bertz CT molecular complexity index is 393. The first-order valence-corrected chi connectivity index (χ1v) is 5.83. The van der Waals surface area contributed by atoms with Gasteiger partial charge in [-0.15, -0.1) is 11.3 Å². The lowest BCUT2D eigenvalue weighted by molar-refractivity contribution is -0.121. The average Bonchev–Trinajstić information content (AvgIpc) is 2.65. The Kier molecular flexibility index (Phi) is 2.50. The monoisotopic (exact) mass is 228 g/mol. The second-order valence-corrected chi connectivity index (χ2v) is 4.88. The summed E-state index contributed by atoms with van der Waals surface area (Å²) in [6.07, 6.45) is 0.115. The van der Waals surface area contributed by atoms with E-state index >= 15 is 0 Å². The highest BCUT2D eigenvalue weighted by Crippen LogP contribution is 2.49. The molecule has 82 valence electrons. The van der Waals surface area contributed by atoms with Crippen LogP contribution in [0.1, 0.15) is 26.0 Å². The molecule has 1 aliphatic carbocycles. The van der Waals surface area contributed by atoms with Crippen LogP contribution < -0.4 is 5.32 Å². The molecule has 1 N–H and O–H groups in total. The van der Waals surface area contributed by atoms with Crippen molar-refractivity contribution in [3.05, 3.63) is 11.2 Å². The number of hydrogen-bond acceptors (Lipinski definition) is 3. The lowest BCUT2D eigenvalue weighted by Crippen LogP contribution is -2.23. The minimum atomic E-state index is -0.990. The van der Waals surface area contributed by atoms with E-state index in [9.17, 15) is 9.18 Å². The molecule has 0 aliphatic heterocycles. The molecule has 0 radical (unpaired) electrons. The molecule has 0 unspecified atom stereocenters. The molecular formula is C10H13FN2OS. The van der Waals surface area contributed by atoms with Crippen molar-refractivity contribution in [2.24, 2.45) is 5.41 Å². The van der Waals surface area contributed by atoms with Gasteiger partial charge in [0.25, 0.3) is 0 Å². The quantitative estimate of drug-likeness (QED) is 0.863. The zero-order valence-corrected chi connectivity index (χ0v) is 9.53. The first kappa shape index (κ1) is 10.5. The summed E-state index contributed by atoms with van der Waals surface area (Å²) in [6, 6.07) is 0. The van der Waals surface area contributed by atoms with Crippen LogP contribution in [0.5, 0.6) is 0 Å². The summed E-state index contributed by atoms with van der Waals surface area (Å²) < 4.78 is 12.9. The second-order valence-electron chi connectivity index (χ2n) is 4.02. The van der Waals surface area contributed by atoms with Crippen molar-refractivity contribution in [1.29, 1.82) is 0 Å². The van der Waals surface area contributed by atoms with Crippen LogP contribution in [0.4, 0.5) is 9.39 Å². The molecule has 0 aromatic carbocycles. The molecule has 0 spiro atoms. The van der Waals surface area contributed by atoms with Crippen LogP contribution in [0, 0.1) is 5.41 Å². The maximum absolute atomic E-state index is 12.9. The van der Waals surface area contributed by atoms with Crippen LogP contribution in [0.25, 0.3) is 0 Å². The van der Waals surface area contributed by atoms with E-state index in [1.807, 2.05) is 6.92 Å². The largest absolute Gasteiger partial charge is 0.316 e. The number of alkyl halides is 1. The summed E-state index contributed by atoms with van der Waals surface area (Å²) in [6.45, 7) is 3.63. The molecule has 1 aliphatic rings. The number of amides is 1. The average molecular weight is 228 g/mol. The van der Waals surface area contributed by atoms with E-state index in [-0.39, 0.29) is 5.91 Å². The molecule has 3 nitrogen and oxygen atoms in total. The number of hydrogen-bond donors (Lipinski definition) is 1. The maximum Gasteiger partial charge on any atom is 0.234 e. The lowest BCUT2D eigenvalue weighted by atomic mass is 10.1. The van der Waals surface area contributed by atoms with E-state index in [2.05, 4.69) is 10.3 Å². The molecule has 2 rings (SSSR count). The van der Waals surface area contributed by atoms with Gasteiger partial charge in [0, 0.05) is 0 Å². The fourth-order valence-corrected chi connectivity index (χ4v) is 2.19. The predicted octanol–water partition coefficient (Wildman–Crippen LogP) is 2.39. The highest BCUT2D eigenvalue weighted by atomic mass is 32.1. The molecule has 5 heteroatoms. The number of carbonyl (C=O) groups is 1. The molecule has 0 saturated heterocycles. The summed E-state index contributed by atoms with van der Waals surface area (Å²) in [4.78, 5) is 15.8. The first-order chi connectivity index (χ1) is 7.08. The van der Waals surface area contributed by atoms with Gasteiger partial charge in [-0.2, -0.15) is 0 Å². The molecule has 2 atom stereocenters. The summed E-state index contributed by atoms with van der Waals surface area (Å²) in [5.41, 5.74) is 1.75. The van der Waals surface area contributed by atoms with E-state index < -0.39 is 11.6 Å².